The number of nitrogens with zero attached hydrogens (tertiary/aromatic N) is 4. The molecule has 0 spiro atoms. The summed E-state index contributed by atoms with van der Waals surface area (Å²) in [5.74, 6) is 2.05. The molecule has 1 aromatic carbocycles. The van der Waals surface area contributed by atoms with Crippen LogP contribution in [0, 0.1) is 6.92 Å². The monoisotopic (exact) mass is 316 g/mol. The van der Waals surface area contributed by atoms with Crippen LogP contribution in [-0.2, 0) is 0 Å². The van der Waals surface area contributed by atoms with Gasteiger partial charge in [0.2, 0.25) is 5.89 Å². The van der Waals surface area contributed by atoms with Crippen LogP contribution in [0.5, 0.6) is 5.75 Å². The minimum Gasteiger partial charge on any atom is -0.497 e. The zero-order chi connectivity index (χ0) is 15.5. The van der Waals surface area contributed by atoms with Crippen LogP contribution in [0.25, 0.3) is 5.69 Å². The SMILES string of the molecule is COc1cccc(-n2ccnc2SC(C)c2nc(C)no2)c1. The molecule has 0 aliphatic carbocycles. The van der Waals surface area contributed by atoms with E-state index in [1.54, 1.807) is 25.1 Å². The molecule has 2 aromatic heterocycles. The molecule has 0 radical (unpaired) electrons. The van der Waals surface area contributed by atoms with Crippen molar-refractivity contribution >= 4 is 11.8 Å². The molecule has 1 unspecified atom stereocenters. The summed E-state index contributed by atoms with van der Waals surface area (Å²) in [5, 5.41) is 4.71. The lowest BCUT2D eigenvalue weighted by molar-refractivity contribution is 0.376. The molecule has 0 amide bonds. The molecular formula is C15H16N4O2S. The molecule has 0 saturated heterocycles. The first kappa shape index (κ1) is 14.6. The molecule has 2 heterocycles. The maximum Gasteiger partial charge on any atom is 0.239 e. The Morgan fingerprint density at radius 1 is 1.36 bits per heavy atom. The number of ether oxygens (including phenoxy) is 1. The number of hydrogen-bond donors (Lipinski definition) is 0. The Morgan fingerprint density at radius 3 is 2.95 bits per heavy atom. The maximum atomic E-state index is 5.27. The maximum absolute atomic E-state index is 5.27. The van der Waals surface area contributed by atoms with Crippen molar-refractivity contribution in [2.75, 3.05) is 7.11 Å². The van der Waals surface area contributed by atoms with Gasteiger partial charge in [0, 0.05) is 18.5 Å². The van der Waals surface area contributed by atoms with Crippen molar-refractivity contribution < 1.29 is 9.26 Å². The van der Waals surface area contributed by atoms with Gasteiger partial charge in [-0.05, 0) is 26.0 Å². The van der Waals surface area contributed by atoms with E-state index in [0.717, 1.165) is 16.6 Å². The van der Waals surface area contributed by atoms with Crippen LogP contribution in [0.4, 0.5) is 0 Å². The molecule has 22 heavy (non-hydrogen) atoms. The summed E-state index contributed by atoms with van der Waals surface area (Å²) in [6.45, 7) is 3.82. The van der Waals surface area contributed by atoms with E-state index in [-0.39, 0.29) is 5.25 Å². The van der Waals surface area contributed by atoms with E-state index in [1.807, 2.05) is 48.9 Å². The molecule has 0 bridgehead atoms. The highest BCUT2D eigenvalue weighted by molar-refractivity contribution is 7.99. The molecule has 1 atom stereocenters. The predicted molar refractivity (Wildman–Crippen MR) is 83.4 cm³/mol. The van der Waals surface area contributed by atoms with Gasteiger partial charge in [-0.2, -0.15) is 4.98 Å². The van der Waals surface area contributed by atoms with Gasteiger partial charge in [-0.25, -0.2) is 4.98 Å². The van der Waals surface area contributed by atoms with Gasteiger partial charge in [0.05, 0.1) is 18.0 Å². The fourth-order valence-corrected chi connectivity index (χ4v) is 2.93. The van der Waals surface area contributed by atoms with E-state index in [9.17, 15) is 0 Å². The molecule has 0 N–H and O–H groups in total. The Labute approximate surface area is 132 Å². The van der Waals surface area contributed by atoms with Crippen molar-refractivity contribution in [2.24, 2.45) is 0 Å². The average Bonchev–Trinajstić information content (AvgIpc) is 3.16. The topological polar surface area (TPSA) is 66.0 Å². The second-order valence-corrected chi connectivity index (χ2v) is 6.03. The molecular weight excluding hydrogens is 300 g/mol. The highest BCUT2D eigenvalue weighted by Crippen LogP contribution is 2.34. The fraction of sp³-hybridized carbons (Fsp3) is 0.267. The van der Waals surface area contributed by atoms with Crippen molar-refractivity contribution in [3.63, 3.8) is 0 Å². The molecule has 114 valence electrons. The van der Waals surface area contributed by atoms with Crippen molar-refractivity contribution in [3.8, 4) is 11.4 Å². The fourth-order valence-electron chi connectivity index (χ4n) is 2.02. The Hall–Kier alpha value is -2.28. The zero-order valence-electron chi connectivity index (χ0n) is 12.6. The molecule has 0 aliphatic rings. The largest absolute Gasteiger partial charge is 0.497 e. The minimum atomic E-state index is 0.0213. The second-order valence-electron chi connectivity index (χ2n) is 4.72. The summed E-state index contributed by atoms with van der Waals surface area (Å²) in [5.41, 5.74) is 0.994. The van der Waals surface area contributed by atoms with Gasteiger partial charge in [-0.1, -0.05) is 23.0 Å². The van der Waals surface area contributed by atoms with E-state index in [0.29, 0.717) is 11.7 Å². The third-order valence-electron chi connectivity index (χ3n) is 3.11. The number of rotatable bonds is 5. The second kappa shape index (κ2) is 6.23. The van der Waals surface area contributed by atoms with E-state index in [2.05, 4.69) is 15.1 Å². The average molecular weight is 316 g/mol. The first-order valence-electron chi connectivity index (χ1n) is 6.82. The van der Waals surface area contributed by atoms with Crippen LogP contribution in [0.3, 0.4) is 0 Å². The predicted octanol–water partition coefficient (Wildman–Crippen LogP) is 3.43. The Kier molecular flexibility index (Phi) is 4.15. The van der Waals surface area contributed by atoms with Crippen molar-refractivity contribution in [2.45, 2.75) is 24.3 Å². The lowest BCUT2D eigenvalue weighted by Crippen LogP contribution is -1.98. The third-order valence-corrected chi connectivity index (χ3v) is 4.18. The van der Waals surface area contributed by atoms with Crippen LogP contribution in [0.1, 0.15) is 23.9 Å². The number of aromatic nitrogens is 4. The summed E-state index contributed by atoms with van der Waals surface area (Å²) in [6, 6.07) is 7.84. The van der Waals surface area contributed by atoms with Crippen LogP contribution in [-0.4, -0.2) is 26.8 Å². The van der Waals surface area contributed by atoms with E-state index in [4.69, 9.17) is 9.26 Å². The summed E-state index contributed by atoms with van der Waals surface area (Å²) in [4.78, 5) is 8.68. The lowest BCUT2D eigenvalue weighted by atomic mass is 10.3. The molecule has 3 aromatic rings. The van der Waals surface area contributed by atoms with Gasteiger partial charge in [0.15, 0.2) is 11.0 Å². The molecule has 0 fully saturated rings. The van der Waals surface area contributed by atoms with Crippen LogP contribution >= 0.6 is 11.8 Å². The van der Waals surface area contributed by atoms with E-state index < -0.39 is 0 Å². The Morgan fingerprint density at radius 2 is 2.23 bits per heavy atom. The van der Waals surface area contributed by atoms with Crippen molar-refractivity contribution in [3.05, 3.63) is 48.4 Å². The Bertz CT molecular complexity index is 768. The number of benzene rings is 1. The zero-order valence-corrected chi connectivity index (χ0v) is 13.4. The van der Waals surface area contributed by atoms with E-state index in [1.165, 1.54) is 0 Å². The molecule has 0 aliphatic heterocycles. The standard InChI is InChI=1S/C15H16N4O2S/c1-10(14-17-11(2)18-21-14)22-15-16-7-8-19(15)12-5-4-6-13(9-12)20-3/h4-10H,1-3H3. The lowest BCUT2D eigenvalue weighted by Gasteiger charge is -2.10. The summed E-state index contributed by atoms with van der Waals surface area (Å²) in [7, 11) is 1.66. The number of aryl methyl sites for hydroxylation is 1. The summed E-state index contributed by atoms with van der Waals surface area (Å²) < 4.78 is 12.5. The quantitative estimate of drug-likeness (QED) is 0.672. The Balaban J connectivity index is 1.85. The summed E-state index contributed by atoms with van der Waals surface area (Å²) >= 11 is 1.57. The molecule has 3 rings (SSSR count). The van der Waals surface area contributed by atoms with Gasteiger partial charge in [-0.3, -0.25) is 4.57 Å². The number of thioether (sulfide) groups is 1. The van der Waals surface area contributed by atoms with Crippen molar-refractivity contribution in [1.29, 1.82) is 0 Å². The van der Waals surface area contributed by atoms with Crippen LogP contribution < -0.4 is 4.74 Å². The van der Waals surface area contributed by atoms with Crippen LogP contribution in [0.2, 0.25) is 0 Å². The van der Waals surface area contributed by atoms with Crippen LogP contribution in [0.15, 0.2) is 46.3 Å². The van der Waals surface area contributed by atoms with Gasteiger partial charge in [0.25, 0.3) is 0 Å². The first-order valence-corrected chi connectivity index (χ1v) is 7.70. The number of hydrogen-bond acceptors (Lipinski definition) is 6. The molecule has 0 saturated carbocycles. The normalized spacial score (nSPS) is 12.3. The highest BCUT2D eigenvalue weighted by atomic mass is 32.2. The minimum absolute atomic E-state index is 0.0213. The highest BCUT2D eigenvalue weighted by Gasteiger charge is 2.17. The van der Waals surface area contributed by atoms with Gasteiger partial charge < -0.3 is 9.26 Å². The summed E-state index contributed by atoms with van der Waals surface area (Å²) in [6.07, 6.45) is 3.69. The molecule has 6 nitrogen and oxygen atoms in total. The van der Waals surface area contributed by atoms with Crippen molar-refractivity contribution in [1.82, 2.24) is 19.7 Å². The molecule has 7 heteroatoms. The van der Waals surface area contributed by atoms with Gasteiger partial charge in [-0.15, -0.1) is 0 Å². The number of methoxy groups -OCH3 is 1. The van der Waals surface area contributed by atoms with Gasteiger partial charge >= 0.3 is 0 Å². The van der Waals surface area contributed by atoms with E-state index >= 15 is 0 Å². The van der Waals surface area contributed by atoms with Gasteiger partial charge in [0.1, 0.15) is 5.75 Å². The third kappa shape index (κ3) is 2.99. The first-order chi connectivity index (χ1) is 10.7. The number of imidazole rings is 1. The smallest absolute Gasteiger partial charge is 0.239 e.